The van der Waals surface area contributed by atoms with Crippen LogP contribution in [0.15, 0.2) is 65.9 Å². The maximum absolute atomic E-state index is 10.9. The van der Waals surface area contributed by atoms with Gasteiger partial charge in [0.25, 0.3) is 0 Å². The molecule has 0 bridgehead atoms. The van der Waals surface area contributed by atoms with E-state index in [0.717, 1.165) is 16.7 Å². The van der Waals surface area contributed by atoms with Crippen molar-refractivity contribution >= 4 is 34.2 Å². The van der Waals surface area contributed by atoms with Crippen LogP contribution in [0.3, 0.4) is 0 Å². The predicted molar refractivity (Wildman–Crippen MR) is 134 cm³/mol. The van der Waals surface area contributed by atoms with Crippen LogP contribution in [0.4, 0.5) is 0 Å². The summed E-state index contributed by atoms with van der Waals surface area (Å²) in [6.07, 6.45) is -7.83. The Labute approximate surface area is 203 Å². The third kappa shape index (κ3) is 6.71. The van der Waals surface area contributed by atoms with Gasteiger partial charge in [0.05, 0.1) is 16.3 Å². The first kappa shape index (κ1) is 27.1. The van der Waals surface area contributed by atoms with Crippen molar-refractivity contribution in [2.24, 2.45) is 0 Å². The highest BCUT2D eigenvalue weighted by molar-refractivity contribution is 7.81. The fraction of sp³-hybridized carbons (Fsp3) is 0.320. The largest absolute Gasteiger partial charge is 0.394 e. The molecule has 2 rings (SSSR count). The van der Waals surface area contributed by atoms with Crippen LogP contribution >= 0.6 is 24.4 Å². The Morgan fingerprint density at radius 1 is 0.818 bits per heavy atom. The second-order valence-corrected chi connectivity index (χ2v) is 8.54. The zero-order chi connectivity index (χ0) is 24.7. The van der Waals surface area contributed by atoms with Gasteiger partial charge >= 0.3 is 0 Å². The first-order valence-electron chi connectivity index (χ1n) is 10.3. The van der Waals surface area contributed by atoms with Crippen LogP contribution in [-0.2, 0) is 0 Å². The lowest BCUT2D eigenvalue weighted by atomic mass is 9.90. The normalized spacial score (nSPS) is 15.5. The average Bonchev–Trinajstić information content (AvgIpc) is 2.82. The molecule has 0 spiro atoms. The monoisotopic (exact) mass is 488 g/mol. The van der Waals surface area contributed by atoms with E-state index in [1.165, 1.54) is 6.08 Å². The molecule has 0 aliphatic heterocycles. The van der Waals surface area contributed by atoms with Gasteiger partial charge < -0.3 is 30.6 Å². The van der Waals surface area contributed by atoms with Crippen LogP contribution in [0.1, 0.15) is 22.3 Å². The minimum Gasteiger partial charge on any atom is -0.394 e. The van der Waals surface area contributed by atoms with E-state index in [9.17, 15) is 25.5 Å². The fourth-order valence-corrected chi connectivity index (χ4v) is 3.92. The fourth-order valence-electron chi connectivity index (χ4n) is 3.22. The highest BCUT2D eigenvalue weighted by Crippen LogP contribution is 2.21. The number of hydrogen-bond acceptors (Lipinski definition) is 8. The lowest BCUT2D eigenvalue weighted by Crippen LogP contribution is -2.50. The molecule has 0 aliphatic carbocycles. The second kappa shape index (κ2) is 12.4. The Bertz CT molecular complexity index is 1060. The molecule has 2 aromatic rings. The van der Waals surface area contributed by atoms with E-state index in [4.69, 9.17) is 29.5 Å². The molecule has 6 nitrogen and oxygen atoms in total. The maximum atomic E-state index is 10.9. The van der Waals surface area contributed by atoms with Crippen molar-refractivity contribution in [2.45, 2.75) is 44.4 Å². The lowest BCUT2D eigenvalue weighted by Gasteiger charge is -2.29. The van der Waals surface area contributed by atoms with Crippen molar-refractivity contribution in [3.63, 3.8) is 0 Å². The predicted octanol–water partition coefficient (Wildman–Crippen LogP) is 1.32. The van der Waals surface area contributed by atoms with E-state index in [2.05, 4.69) is 5.73 Å². The molecule has 0 heterocycles. The molecular weight excluding hydrogens is 460 g/mol. The summed E-state index contributed by atoms with van der Waals surface area (Å²) in [7, 11) is 0. The van der Waals surface area contributed by atoms with Crippen molar-refractivity contribution in [2.75, 3.05) is 6.61 Å². The molecule has 5 atom stereocenters. The van der Waals surface area contributed by atoms with Gasteiger partial charge in [-0.1, -0.05) is 73.0 Å². The third-order valence-electron chi connectivity index (χ3n) is 5.30. The standard InChI is InChI=1S/C25H28O6S2/c1-14-7-3-5-9-16(14)20(32)12-11-18(25(33)17-10-6-4-8-15(17)2)21(28)23(30)24(31)22(29)19(27)13-26/h3-10,12,19,21-24,26-31H,13H2,1-2H3/t11?,19-,21?,22+,23+,24-/m0/s1. The summed E-state index contributed by atoms with van der Waals surface area (Å²) in [6.45, 7) is 2.90. The number of hydrogen-bond donors (Lipinski definition) is 6. The molecule has 0 fully saturated rings. The highest BCUT2D eigenvalue weighted by Gasteiger charge is 2.36. The first-order chi connectivity index (χ1) is 15.6. The van der Waals surface area contributed by atoms with Gasteiger partial charge in [-0.15, -0.1) is 5.73 Å². The van der Waals surface area contributed by atoms with Crippen LogP contribution in [0.2, 0.25) is 0 Å². The van der Waals surface area contributed by atoms with Gasteiger partial charge in [-0.3, -0.25) is 0 Å². The van der Waals surface area contributed by atoms with Gasteiger partial charge in [-0.2, -0.15) is 0 Å². The second-order valence-electron chi connectivity index (χ2n) is 7.69. The minimum absolute atomic E-state index is 0.0209. The van der Waals surface area contributed by atoms with E-state index < -0.39 is 37.1 Å². The Hall–Kier alpha value is -2.10. The maximum Gasteiger partial charge on any atom is 0.116 e. The van der Waals surface area contributed by atoms with Crippen LogP contribution in [0.5, 0.6) is 0 Å². The number of benzene rings is 2. The molecule has 0 saturated heterocycles. The topological polar surface area (TPSA) is 121 Å². The molecule has 176 valence electrons. The van der Waals surface area contributed by atoms with Crippen molar-refractivity contribution in [3.8, 4) is 0 Å². The summed E-state index contributed by atoms with van der Waals surface area (Å²) < 4.78 is 0. The Kier molecular flexibility index (Phi) is 10.2. The molecule has 33 heavy (non-hydrogen) atoms. The van der Waals surface area contributed by atoms with Gasteiger partial charge in [-0.25, -0.2) is 0 Å². The van der Waals surface area contributed by atoms with E-state index >= 15 is 0 Å². The van der Waals surface area contributed by atoms with Gasteiger partial charge in [0, 0.05) is 5.57 Å². The quantitative estimate of drug-likeness (QED) is 0.128. The summed E-state index contributed by atoms with van der Waals surface area (Å²) in [5.41, 5.74) is 6.03. The zero-order valence-corrected chi connectivity index (χ0v) is 19.9. The minimum atomic E-state index is -1.97. The zero-order valence-electron chi connectivity index (χ0n) is 18.3. The lowest BCUT2D eigenvalue weighted by molar-refractivity contribution is -0.133. The van der Waals surface area contributed by atoms with Gasteiger partial charge in [0.1, 0.15) is 30.5 Å². The number of thiocarbonyl (C=S) groups is 2. The molecule has 0 saturated carbocycles. The van der Waals surface area contributed by atoms with E-state index in [1.54, 1.807) is 12.1 Å². The molecule has 1 unspecified atom stereocenters. The number of rotatable bonds is 10. The van der Waals surface area contributed by atoms with Crippen LogP contribution in [-0.4, -0.2) is 77.5 Å². The van der Waals surface area contributed by atoms with Crippen LogP contribution in [0, 0.1) is 13.8 Å². The van der Waals surface area contributed by atoms with Crippen molar-refractivity contribution in [3.05, 3.63) is 88.2 Å². The van der Waals surface area contributed by atoms with E-state index in [0.29, 0.717) is 10.4 Å². The van der Waals surface area contributed by atoms with Gasteiger partial charge in [0.15, 0.2) is 0 Å². The molecule has 0 aliphatic rings. The van der Waals surface area contributed by atoms with Crippen molar-refractivity contribution in [1.82, 2.24) is 0 Å². The van der Waals surface area contributed by atoms with Crippen molar-refractivity contribution in [1.29, 1.82) is 0 Å². The molecule has 0 radical (unpaired) electrons. The molecule has 8 heteroatoms. The van der Waals surface area contributed by atoms with Crippen LogP contribution in [0.25, 0.3) is 0 Å². The van der Waals surface area contributed by atoms with E-state index in [-0.39, 0.29) is 10.4 Å². The van der Waals surface area contributed by atoms with Gasteiger partial charge in [-0.05, 0) is 42.2 Å². The van der Waals surface area contributed by atoms with Gasteiger partial charge in [0.2, 0.25) is 0 Å². The SMILES string of the molecule is Cc1ccccc1C(=S)C=C=C(C(=S)c1ccccc1C)C(O)[C@@H](O)[C@@H](O)[C@H](O)[C@@H](O)CO. The number of aliphatic hydroxyl groups is 6. The Balaban J connectivity index is 2.51. The molecule has 0 amide bonds. The summed E-state index contributed by atoms with van der Waals surface area (Å²) >= 11 is 11.1. The number of aryl methyl sites for hydroxylation is 2. The van der Waals surface area contributed by atoms with Crippen molar-refractivity contribution < 1.29 is 30.6 Å². The highest BCUT2D eigenvalue weighted by atomic mass is 32.1. The molecule has 2 aromatic carbocycles. The smallest absolute Gasteiger partial charge is 0.116 e. The van der Waals surface area contributed by atoms with E-state index in [1.807, 2.05) is 50.2 Å². The summed E-state index contributed by atoms with van der Waals surface area (Å²) in [5.74, 6) is 0. The third-order valence-corrected chi connectivity index (χ3v) is 6.08. The molecular formula is C25H28O6S2. The Morgan fingerprint density at radius 2 is 1.33 bits per heavy atom. The summed E-state index contributed by atoms with van der Waals surface area (Å²) in [4.78, 5) is 0.601. The summed E-state index contributed by atoms with van der Waals surface area (Å²) in [6, 6.07) is 14.7. The first-order valence-corrected chi connectivity index (χ1v) is 11.1. The molecule has 0 aromatic heterocycles. The average molecular weight is 489 g/mol. The Morgan fingerprint density at radius 3 is 1.85 bits per heavy atom. The summed E-state index contributed by atoms with van der Waals surface area (Å²) in [5, 5.41) is 60.3. The van der Waals surface area contributed by atoms with Crippen LogP contribution < -0.4 is 0 Å². The molecule has 6 N–H and O–H groups in total. The number of aliphatic hydroxyl groups excluding tert-OH is 6.